The van der Waals surface area contributed by atoms with E-state index in [-0.39, 0.29) is 0 Å². The van der Waals surface area contributed by atoms with Crippen LogP contribution in [0.2, 0.25) is 0 Å². The largest absolute Gasteiger partial charge is 0.385 e. The average molecular weight is 156 g/mol. The van der Waals surface area contributed by atoms with Crippen LogP contribution in [0.25, 0.3) is 0 Å². The van der Waals surface area contributed by atoms with Gasteiger partial charge in [-0.1, -0.05) is 13.2 Å². The van der Waals surface area contributed by atoms with Crippen molar-refractivity contribution >= 4 is 0 Å². The SMILES string of the molecule is C=C(C)C(O)C(C)(O)C(=C)C. The topological polar surface area (TPSA) is 40.5 Å². The molecule has 0 spiro atoms. The molecule has 0 bridgehead atoms. The Hall–Kier alpha value is -0.600. The maximum Gasteiger partial charge on any atom is 0.112 e. The summed E-state index contributed by atoms with van der Waals surface area (Å²) in [4.78, 5) is 0. The Balaban J connectivity index is 4.55. The first-order chi connectivity index (χ1) is 4.80. The molecule has 64 valence electrons. The van der Waals surface area contributed by atoms with Gasteiger partial charge in [0.1, 0.15) is 11.7 Å². The van der Waals surface area contributed by atoms with Crippen LogP contribution in [0.15, 0.2) is 24.3 Å². The summed E-state index contributed by atoms with van der Waals surface area (Å²) in [7, 11) is 0. The van der Waals surface area contributed by atoms with Crippen LogP contribution in [0.4, 0.5) is 0 Å². The van der Waals surface area contributed by atoms with E-state index >= 15 is 0 Å². The standard InChI is InChI=1S/C9H16O2/c1-6(2)8(10)9(5,11)7(3)4/h8,10-11H,1,3H2,2,4-5H3. The van der Waals surface area contributed by atoms with Crippen molar-refractivity contribution in [1.82, 2.24) is 0 Å². The second-order valence-electron chi connectivity index (χ2n) is 3.18. The fourth-order valence-electron chi connectivity index (χ4n) is 0.713. The van der Waals surface area contributed by atoms with Crippen LogP contribution in [0, 0.1) is 0 Å². The summed E-state index contributed by atoms with van der Waals surface area (Å²) in [5.74, 6) is 0. The molecule has 0 aliphatic carbocycles. The van der Waals surface area contributed by atoms with Crippen molar-refractivity contribution in [2.24, 2.45) is 0 Å². The summed E-state index contributed by atoms with van der Waals surface area (Å²) < 4.78 is 0. The summed E-state index contributed by atoms with van der Waals surface area (Å²) in [5, 5.41) is 19.0. The molecule has 0 saturated carbocycles. The first-order valence-electron chi connectivity index (χ1n) is 3.52. The van der Waals surface area contributed by atoms with Gasteiger partial charge in [-0.25, -0.2) is 0 Å². The van der Waals surface area contributed by atoms with Gasteiger partial charge in [0.2, 0.25) is 0 Å². The summed E-state index contributed by atoms with van der Waals surface area (Å²) >= 11 is 0. The smallest absolute Gasteiger partial charge is 0.112 e. The van der Waals surface area contributed by atoms with Crippen LogP contribution in [0.3, 0.4) is 0 Å². The van der Waals surface area contributed by atoms with Gasteiger partial charge < -0.3 is 10.2 Å². The monoisotopic (exact) mass is 156 g/mol. The number of aliphatic hydroxyl groups excluding tert-OH is 1. The fraction of sp³-hybridized carbons (Fsp3) is 0.556. The molecule has 0 aliphatic heterocycles. The summed E-state index contributed by atoms with van der Waals surface area (Å²) in [6, 6.07) is 0. The lowest BCUT2D eigenvalue weighted by molar-refractivity contribution is -0.0138. The Kier molecular flexibility index (Phi) is 3.02. The van der Waals surface area contributed by atoms with E-state index in [2.05, 4.69) is 13.2 Å². The van der Waals surface area contributed by atoms with Gasteiger partial charge in [-0.15, -0.1) is 0 Å². The van der Waals surface area contributed by atoms with Crippen LogP contribution < -0.4 is 0 Å². The molecule has 2 unspecified atom stereocenters. The van der Waals surface area contributed by atoms with E-state index in [1.165, 1.54) is 6.92 Å². The molecule has 0 aliphatic rings. The first-order valence-corrected chi connectivity index (χ1v) is 3.52. The zero-order chi connectivity index (χ0) is 9.23. The normalized spacial score (nSPS) is 18.6. The second-order valence-corrected chi connectivity index (χ2v) is 3.18. The van der Waals surface area contributed by atoms with Crippen molar-refractivity contribution in [2.45, 2.75) is 32.5 Å². The molecular weight excluding hydrogens is 140 g/mol. The van der Waals surface area contributed by atoms with E-state index in [0.717, 1.165) is 0 Å². The van der Waals surface area contributed by atoms with E-state index in [9.17, 15) is 10.2 Å². The van der Waals surface area contributed by atoms with Crippen molar-refractivity contribution < 1.29 is 10.2 Å². The molecular formula is C9H16O2. The van der Waals surface area contributed by atoms with Gasteiger partial charge in [0.25, 0.3) is 0 Å². The zero-order valence-corrected chi connectivity index (χ0v) is 7.39. The third-order valence-corrected chi connectivity index (χ3v) is 1.86. The lowest BCUT2D eigenvalue weighted by Crippen LogP contribution is -2.40. The lowest BCUT2D eigenvalue weighted by atomic mass is 9.88. The number of hydrogen-bond acceptors (Lipinski definition) is 2. The minimum Gasteiger partial charge on any atom is -0.385 e. The fourth-order valence-corrected chi connectivity index (χ4v) is 0.713. The highest BCUT2D eigenvalue weighted by Crippen LogP contribution is 2.22. The van der Waals surface area contributed by atoms with Gasteiger partial charge >= 0.3 is 0 Å². The summed E-state index contributed by atoms with van der Waals surface area (Å²) in [5.41, 5.74) is -0.183. The average Bonchev–Trinajstić information content (AvgIpc) is 1.85. The van der Waals surface area contributed by atoms with Gasteiger partial charge in [-0.05, 0) is 31.9 Å². The van der Waals surface area contributed by atoms with E-state index in [4.69, 9.17) is 0 Å². The predicted molar refractivity (Wildman–Crippen MR) is 46.3 cm³/mol. The van der Waals surface area contributed by atoms with Gasteiger partial charge in [0, 0.05) is 0 Å². The highest BCUT2D eigenvalue weighted by molar-refractivity contribution is 5.18. The van der Waals surface area contributed by atoms with Gasteiger partial charge in [-0.3, -0.25) is 0 Å². The number of rotatable bonds is 3. The molecule has 2 heteroatoms. The third-order valence-electron chi connectivity index (χ3n) is 1.86. The van der Waals surface area contributed by atoms with E-state index in [1.54, 1.807) is 13.8 Å². The predicted octanol–water partition coefficient (Wildman–Crippen LogP) is 1.25. The van der Waals surface area contributed by atoms with E-state index in [1.807, 2.05) is 0 Å². The minimum atomic E-state index is -1.26. The molecule has 0 aromatic rings. The summed E-state index contributed by atoms with van der Waals surface area (Å²) in [6.45, 7) is 12.0. The van der Waals surface area contributed by atoms with Crippen molar-refractivity contribution in [3.8, 4) is 0 Å². The Morgan fingerprint density at radius 2 is 1.73 bits per heavy atom. The maximum absolute atomic E-state index is 9.62. The lowest BCUT2D eigenvalue weighted by Gasteiger charge is -2.29. The van der Waals surface area contributed by atoms with Crippen molar-refractivity contribution in [1.29, 1.82) is 0 Å². The van der Waals surface area contributed by atoms with Crippen LogP contribution in [0.5, 0.6) is 0 Å². The van der Waals surface area contributed by atoms with Crippen LogP contribution in [-0.2, 0) is 0 Å². The molecule has 2 nitrogen and oxygen atoms in total. The molecule has 11 heavy (non-hydrogen) atoms. The van der Waals surface area contributed by atoms with Crippen molar-refractivity contribution in [2.75, 3.05) is 0 Å². The molecule has 0 aromatic carbocycles. The molecule has 0 heterocycles. The highest BCUT2D eigenvalue weighted by atomic mass is 16.3. The summed E-state index contributed by atoms with van der Waals surface area (Å²) in [6.07, 6.45) is -0.931. The van der Waals surface area contributed by atoms with Crippen molar-refractivity contribution in [3.05, 3.63) is 24.3 Å². The minimum absolute atomic E-state index is 0.535. The molecule has 2 N–H and O–H groups in total. The second kappa shape index (κ2) is 3.20. The Labute approximate surface area is 67.9 Å². The maximum atomic E-state index is 9.62. The van der Waals surface area contributed by atoms with Crippen LogP contribution in [0.1, 0.15) is 20.8 Å². The molecule has 0 aromatic heterocycles. The molecule has 2 atom stereocenters. The molecule has 0 rings (SSSR count). The zero-order valence-electron chi connectivity index (χ0n) is 7.39. The molecule has 0 amide bonds. The quantitative estimate of drug-likeness (QED) is 0.604. The Morgan fingerprint density at radius 1 is 1.36 bits per heavy atom. The van der Waals surface area contributed by atoms with Crippen LogP contribution in [-0.4, -0.2) is 21.9 Å². The van der Waals surface area contributed by atoms with Gasteiger partial charge in [0.05, 0.1) is 0 Å². The van der Waals surface area contributed by atoms with E-state index in [0.29, 0.717) is 11.1 Å². The van der Waals surface area contributed by atoms with Gasteiger partial charge in [0.15, 0.2) is 0 Å². The van der Waals surface area contributed by atoms with Crippen molar-refractivity contribution in [3.63, 3.8) is 0 Å². The van der Waals surface area contributed by atoms with Crippen LogP contribution >= 0.6 is 0 Å². The van der Waals surface area contributed by atoms with Gasteiger partial charge in [-0.2, -0.15) is 0 Å². The molecule has 0 fully saturated rings. The molecule has 0 saturated heterocycles. The first kappa shape index (κ1) is 10.4. The Morgan fingerprint density at radius 3 is 1.82 bits per heavy atom. The third kappa shape index (κ3) is 2.17. The highest BCUT2D eigenvalue weighted by Gasteiger charge is 2.31. The number of aliphatic hydroxyl groups is 2. The number of hydrogen-bond donors (Lipinski definition) is 2. The molecule has 0 radical (unpaired) electrons. The van der Waals surface area contributed by atoms with E-state index < -0.39 is 11.7 Å². The Bertz CT molecular complexity index is 180.